The van der Waals surface area contributed by atoms with Gasteiger partial charge in [0.05, 0.1) is 16.6 Å². The van der Waals surface area contributed by atoms with Gasteiger partial charge in [-0.1, -0.05) is 63.6 Å². The Kier molecular flexibility index (Phi) is 7.13. The number of benzene rings is 2. The van der Waals surface area contributed by atoms with Crippen molar-refractivity contribution in [3.8, 4) is 11.1 Å². The molecule has 4 nitrogen and oxygen atoms in total. The normalized spacial score (nSPS) is 14.7. The molecule has 2 aromatic rings. The van der Waals surface area contributed by atoms with Crippen molar-refractivity contribution in [3.63, 3.8) is 0 Å². The van der Waals surface area contributed by atoms with Gasteiger partial charge in [0, 0.05) is 0 Å². The molecule has 1 radical (unpaired) electrons. The molecule has 3 atom stereocenters. The predicted molar refractivity (Wildman–Crippen MR) is 99.6 cm³/mol. The number of alkyl halides is 2. The predicted octanol–water partition coefficient (Wildman–Crippen LogP) is 4.45. The number of carbonyl (C=O) groups is 1. The summed E-state index contributed by atoms with van der Waals surface area (Å²) in [4.78, 5) is 16.1. The Labute approximate surface area is 154 Å². The molecule has 0 aliphatic heterocycles. The van der Waals surface area contributed by atoms with E-state index >= 15 is 0 Å². The third-order valence-electron chi connectivity index (χ3n) is 3.45. The number of halogens is 2. The van der Waals surface area contributed by atoms with E-state index in [1.54, 1.807) is 12.1 Å². The first-order chi connectivity index (χ1) is 12.0. The van der Waals surface area contributed by atoms with Gasteiger partial charge < -0.3 is 9.57 Å². The van der Waals surface area contributed by atoms with E-state index in [9.17, 15) is 9.18 Å². The SMILES string of the molecule is [CH2][C@H](Br)[C@@H](OC(=O)c1ccc(-c2ccccc2)cc1)[C@H](F)/C=N/OC. The highest BCUT2D eigenvalue weighted by Gasteiger charge is 2.29. The van der Waals surface area contributed by atoms with Crippen molar-refractivity contribution in [3.05, 3.63) is 67.1 Å². The number of carbonyl (C=O) groups excluding carboxylic acids is 1. The molecule has 6 heteroatoms. The van der Waals surface area contributed by atoms with Crippen LogP contribution in [0.4, 0.5) is 4.39 Å². The molecular formula is C19H18BrFNO3. The molecule has 0 spiro atoms. The lowest BCUT2D eigenvalue weighted by Gasteiger charge is -2.21. The molecule has 2 rings (SSSR count). The van der Waals surface area contributed by atoms with Crippen LogP contribution in [-0.4, -0.2) is 36.4 Å². The zero-order valence-corrected chi connectivity index (χ0v) is 15.2. The van der Waals surface area contributed by atoms with Crippen molar-refractivity contribution < 1.29 is 18.8 Å². The van der Waals surface area contributed by atoms with Crippen LogP contribution in [0, 0.1) is 6.92 Å². The van der Waals surface area contributed by atoms with Crippen molar-refractivity contribution in [2.75, 3.05) is 7.11 Å². The molecule has 131 valence electrons. The minimum atomic E-state index is -1.64. The average molecular weight is 407 g/mol. The first kappa shape index (κ1) is 19.1. The minimum Gasteiger partial charge on any atom is -0.454 e. The molecule has 0 saturated carbocycles. The summed E-state index contributed by atoms with van der Waals surface area (Å²) in [6.07, 6.45) is -1.84. The third-order valence-corrected chi connectivity index (χ3v) is 3.97. The molecular weight excluding hydrogens is 389 g/mol. The zero-order valence-electron chi connectivity index (χ0n) is 13.6. The average Bonchev–Trinajstić information content (AvgIpc) is 2.64. The van der Waals surface area contributed by atoms with Crippen LogP contribution in [0.1, 0.15) is 10.4 Å². The highest BCUT2D eigenvalue weighted by atomic mass is 79.9. The second kappa shape index (κ2) is 9.32. The maximum absolute atomic E-state index is 14.1. The van der Waals surface area contributed by atoms with E-state index in [-0.39, 0.29) is 0 Å². The molecule has 0 aromatic heterocycles. The highest BCUT2D eigenvalue weighted by Crippen LogP contribution is 2.21. The van der Waals surface area contributed by atoms with Gasteiger partial charge in [0.15, 0.2) is 12.3 Å². The van der Waals surface area contributed by atoms with E-state index in [0.29, 0.717) is 5.56 Å². The standard InChI is InChI=1S/C19H18BrFNO3/c1-13(20)18(17(21)12-22-24-2)25-19(23)16-10-8-15(9-11-16)14-6-4-3-5-7-14/h3-13,17-18H,1H2,2H3/b22-12+/t13-,17+,18+/m0/s1. The van der Waals surface area contributed by atoms with Crippen molar-refractivity contribution in [1.82, 2.24) is 0 Å². The maximum Gasteiger partial charge on any atom is 0.338 e. The van der Waals surface area contributed by atoms with Crippen molar-refractivity contribution in [2.24, 2.45) is 5.16 Å². The van der Waals surface area contributed by atoms with E-state index in [0.717, 1.165) is 17.3 Å². The topological polar surface area (TPSA) is 47.9 Å². The Bertz CT molecular complexity index is 704. The molecule has 0 aliphatic carbocycles. The van der Waals surface area contributed by atoms with Gasteiger partial charge in [-0.05, 0) is 30.2 Å². The van der Waals surface area contributed by atoms with Gasteiger partial charge in [0.2, 0.25) is 0 Å². The lowest BCUT2D eigenvalue weighted by Crippen LogP contribution is -2.36. The van der Waals surface area contributed by atoms with Gasteiger partial charge in [-0.2, -0.15) is 0 Å². The molecule has 0 fully saturated rings. The summed E-state index contributed by atoms with van der Waals surface area (Å²) >= 11 is 3.15. The maximum atomic E-state index is 14.1. The van der Waals surface area contributed by atoms with E-state index in [2.05, 4.69) is 32.8 Å². The summed E-state index contributed by atoms with van der Waals surface area (Å²) in [5.74, 6) is -0.633. The number of rotatable bonds is 7. The number of hydrogen-bond acceptors (Lipinski definition) is 4. The Morgan fingerprint density at radius 1 is 1.16 bits per heavy atom. The van der Waals surface area contributed by atoms with E-state index < -0.39 is 23.1 Å². The zero-order chi connectivity index (χ0) is 18.2. The highest BCUT2D eigenvalue weighted by molar-refractivity contribution is 9.09. The monoisotopic (exact) mass is 406 g/mol. The molecule has 0 bridgehead atoms. The van der Waals surface area contributed by atoms with Crippen LogP contribution in [0.25, 0.3) is 11.1 Å². The lowest BCUT2D eigenvalue weighted by molar-refractivity contribution is 0.0196. The second-order valence-corrected chi connectivity index (χ2v) is 6.39. The lowest BCUT2D eigenvalue weighted by atomic mass is 10.0. The smallest absolute Gasteiger partial charge is 0.338 e. The van der Waals surface area contributed by atoms with Crippen LogP contribution in [0.2, 0.25) is 0 Å². The molecule has 0 N–H and O–H groups in total. The molecule has 0 aliphatic rings. The Balaban J connectivity index is 2.10. The Hall–Kier alpha value is -2.21. The summed E-state index contributed by atoms with van der Waals surface area (Å²) in [6.45, 7) is 3.67. The van der Waals surface area contributed by atoms with Crippen LogP contribution >= 0.6 is 15.9 Å². The summed E-state index contributed by atoms with van der Waals surface area (Å²) in [7, 11) is 1.30. The van der Waals surface area contributed by atoms with Crippen LogP contribution in [0.3, 0.4) is 0 Å². The fourth-order valence-electron chi connectivity index (χ4n) is 2.16. The molecule has 0 amide bonds. The van der Waals surface area contributed by atoms with Gasteiger partial charge >= 0.3 is 5.97 Å². The number of nitrogens with zero attached hydrogens (tertiary/aromatic N) is 1. The summed E-state index contributed by atoms with van der Waals surface area (Å²) in [5.41, 5.74) is 2.34. The van der Waals surface area contributed by atoms with Gasteiger partial charge in [-0.25, -0.2) is 9.18 Å². The van der Waals surface area contributed by atoms with Gasteiger partial charge in [0.1, 0.15) is 7.11 Å². The largest absolute Gasteiger partial charge is 0.454 e. The van der Waals surface area contributed by atoms with Gasteiger partial charge in [-0.15, -0.1) is 0 Å². The van der Waals surface area contributed by atoms with Gasteiger partial charge in [0.25, 0.3) is 0 Å². The fourth-order valence-corrected chi connectivity index (χ4v) is 2.56. The molecule has 0 heterocycles. The van der Waals surface area contributed by atoms with E-state index in [1.807, 2.05) is 42.5 Å². The number of oxime groups is 1. The molecule has 0 unspecified atom stereocenters. The third kappa shape index (κ3) is 5.39. The van der Waals surface area contributed by atoms with Gasteiger partial charge in [-0.3, -0.25) is 0 Å². The van der Waals surface area contributed by atoms with Crippen molar-refractivity contribution in [1.29, 1.82) is 0 Å². The van der Waals surface area contributed by atoms with Crippen LogP contribution < -0.4 is 0 Å². The van der Waals surface area contributed by atoms with Crippen LogP contribution in [0.15, 0.2) is 59.8 Å². The first-order valence-electron chi connectivity index (χ1n) is 7.57. The Morgan fingerprint density at radius 2 is 1.76 bits per heavy atom. The van der Waals surface area contributed by atoms with Crippen molar-refractivity contribution in [2.45, 2.75) is 17.1 Å². The molecule has 25 heavy (non-hydrogen) atoms. The minimum absolute atomic E-state index is 0.328. The van der Waals surface area contributed by atoms with Crippen LogP contribution in [0.5, 0.6) is 0 Å². The summed E-state index contributed by atoms with van der Waals surface area (Å²) < 4.78 is 19.3. The molecule has 0 saturated heterocycles. The summed E-state index contributed by atoms with van der Waals surface area (Å²) in [6, 6.07) is 16.7. The number of ether oxygens (including phenoxy) is 1. The second-order valence-electron chi connectivity index (χ2n) is 5.21. The van der Waals surface area contributed by atoms with E-state index in [1.165, 1.54) is 7.11 Å². The molecule has 2 aromatic carbocycles. The Morgan fingerprint density at radius 3 is 2.32 bits per heavy atom. The number of hydrogen-bond donors (Lipinski definition) is 0. The van der Waals surface area contributed by atoms with Crippen LogP contribution in [-0.2, 0) is 9.57 Å². The fraction of sp³-hybridized carbons (Fsp3) is 0.211. The number of esters is 1. The quantitative estimate of drug-likeness (QED) is 0.295. The van der Waals surface area contributed by atoms with E-state index in [4.69, 9.17) is 4.74 Å². The van der Waals surface area contributed by atoms with Crippen molar-refractivity contribution >= 4 is 28.1 Å². The first-order valence-corrected chi connectivity index (χ1v) is 8.49. The summed E-state index contributed by atoms with van der Waals surface area (Å²) in [5, 5.41) is 3.36.